The van der Waals surface area contributed by atoms with E-state index in [4.69, 9.17) is 0 Å². The van der Waals surface area contributed by atoms with Crippen LogP contribution in [0.15, 0.2) is 41.8 Å². The Bertz CT molecular complexity index is 838. The fourth-order valence-corrected chi connectivity index (χ4v) is 4.43. The van der Waals surface area contributed by atoms with E-state index in [1.54, 1.807) is 34.4 Å². The van der Waals surface area contributed by atoms with Gasteiger partial charge in [0.25, 0.3) is 5.91 Å². The van der Waals surface area contributed by atoms with Crippen molar-refractivity contribution in [2.24, 2.45) is 0 Å². The summed E-state index contributed by atoms with van der Waals surface area (Å²) in [6, 6.07) is 11.9. The normalized spacial score (nSPS) is 10.8. The maximum atomic E-state index is 12.3. The molecule has 6 heteroatoms. The number of nitrogens with one attached hydrogen (secondary N) is 1. The molecular weight excluding hydrogens is 356 g/mol. The fourth-order valence-electron chi connectivity index (χ4n) is 2.33. The van der Waals surface area contributed by atoms with Gasteiger partial charge in [-0.05, 0) is 43.0 Å². The van der Waals surface area contributed by atoms with E-state index in [0.29, 0.717) is 12.1 Å². The minimum Gasteiger partial charge on any atom is -0.347 e. The van der Waals surface area contributed by atoms with Crippen molar-refractivity contribution in [3.05, 3.63) is 62.8 Å². The second kappa shape index (κ2) is 7.96. The highest BCUT2D eigenvalue weighted by atomic mass is 32.2. The van der Waals surface area contributed by atoms with Gasteiger partial charge in [-0.25, -0.2) is 4.98 Å². The number of hydrogen-bond donors (Lipinski definition) is 1. The standard InChI is InChI=1S/C18H18N2OS3/c1-12-20-16(11-23-12)17-7-6-15(24-17)9-19-18(21)14-5-3-4-13(8-14)10-22-2/h3-8,11H,9-10H2,1-2H3,(H,19,21). The molecule has 124 valence electrons. The van der Waals surface area contributed by atoms with Crippen LogP contribution in [0.3, 0.4) is 0 Å². The molecule has 1 aromatic carbocycles. The molecule has 3 nitrogen and oxygen atoms in total. The fraction of sp³-hybridized carbons (Fsp3) is 0.222. The van der Waals surface area contributed by atoms with Crippen molar-refractivity contribution in [3.63, 3.8) is 0 Å². The molecule has 0 aliphatic heterocycles. The van der Waals surface area contributed by atoms with Crippen molar-refractivity contribution in [1.29, 1.82) is 0 Å². The number of hydrogen-bond acceptors (Lipinski definition) is 5. The van der Waals surface area contributed by atoms with Crippen LogP contribution in [0.5, 0.6) is 0 Å². The third-order valence-electron chi connectivity index (χ3n) is 3.46. The van der Waals surface area contributed by atoms with E-state index in [0.717, 1.165) is 26.2 Å². The van der Waals surface area contributed by atoms with Gasteiger partial charge >= 0.3 is 0 Å². The molecule has 0 saturated carbocycles. The van der Waals surface area contributed by atoms with Gasteiger partial charge in [0, 0.05) is 21.6 Å². The summed E-state index contributed by atoms with van der Waals surface area (Å²) in [7, 11) is 0. The number of carbonyl (C=O) groups is 1. The van der Waals surface area contributed by atoms with Crippen molar-refractivity contribution in [3.8, 4) is 10.6 Å². The molecule has 0 unspecified atom stereocenters. The third-order valence-corrected chi connectivity index (χ3v) is 5.96. The lowest BCUT2D eigenvalue weighted by atomic mass is 10.1. The lowest BCUT2D eigenvalue weighted by Crippen LogP contribution is -2.22. The summed E-state index contributed by atoms with van der Waals surface area (Å²) >= 11 is 5.08. The summed E-state index contributed by atoms with van der Waals surface area (Å²) in [5.41, 5.74) is 2.91. The van der Waals surface area contributed by atoms with Gasteiger partial charge in [0.2, 0.25) is 0 Å². The van der Waals surface area contributed by atoms with Gasteiger partial charge in [-0.3, -0.25) is 4.79 Å². The Kier molecular flexibility index (Phi) is 5.71. The first-order valence-electron chi connectivity index (χ1n) is 7.53. The maximum absolute atomic E-state index is 12.3. The molecule has 1 amide bonds. The van der Waals surface area contributed by atoms with Gasteiger partial charge in [0.15, 0.2) is 0 Å². The molecule has 3 aromatic rings. The topological polar surface area (TPSA) is 42.0 Å². The van der Waals surface area contributed by atoms with E-state index < -0.39 is 0 Å². The van der Waals surface area contributed by atoms with Crippen LogP contribution in [0.4, 0.5) is 0 Å². The number of nitrogens with zero attached hydrogens (tertiary/aromatic N) is 1. The Morgan fingerprint density at radius 2 is 2.17 bits per heavy atom. The second-order valence-corrected chi connectivity index (χ2v) is 8.43. The average Bonchev–Trinajstić information content (AvgIpc) is 3.22. The number of aromatic nitrogens is 1. The average molecular weight is 375 g/mol. The Hall–Kier alpha value is -1.63. The van der Waals surface area contributed by atoms with Gasteiger partial charge < -0.3 is 5.32 Å². The smallest absolute Gasteiger partial charge is 0.251 e. The second-order valence-electron chi connectivity index (χ2n) is 5.33. The SMILES string of the molecule is CSCc1cccc(C(=O)NCc2ccc(-c3csc(C)n3)s2)c1. The molecule has 3 rings (SSSR count). The van der Waals surface area contributed by atoms with Crippen LogP contribution in [0.25, 0.3) is 10.6 Å². The van der Waals surface area contributed by atoms with Crippen molar-refractivity contribution < 1.29 is 4.79 Å². The molecule has 0 saturated heterocycles. The van der Waals surface area contributed by atoms with E-state index in [-0.39, 0.29) is 5.91 Å². The van der Waals surface area contributed by atoms with Crippen LogP contribution in [0.1, 0.15) is 25.8 Å². The van der Waals surface area contributed by atoms with Crippen LogP contribution in [-0.2, 0) is 12.3 Å². The molecule has 0 aliphatic carbocycles. The molecule has 2 heterocycles. The molecular formula is C18H18N2OS3. The number of thiazole rings is 1. The molecule has 0 bridgehead atoms. The number of aryl methyl sites for hydroxylation is 1. The van der Waals surface area contributed by atoms with Crippen molar-refractivity contribution >= 4 is 40.3 Å². The lowest BCUT2D eigenvalue weighted by molar-refractivity contribution is 0.0951. The first-order valence-corrected chi connectivity index (χ1v) is 10.6. The summed E-state index contributed by atoms with van der Waals surface area (Å²) in [5.74, 6) is 0.889. The van der Waals surface area contributed by atoms with Gasteiger partial charge in [-0.1, -0.05) is 12.1 Å². The van der Waals surface area contributed by atoms with E-state index in [9.17, 15) is 4.79 Å². The highest BCUT2D eigenvalue weighted by molar-refractivity contribution is 7.97. The number of rotatable bonds is 6. The van der Waals surface area contributed by atoms with Gasteiger partial charge in [0.05, 0.1) is 22.1 Å². The van der Waals surface area contributed by atoms with E-state index >= 15 is 0 Å². The van der Waals surface area contributed by atoms with E-state index in [1.807, 2.05) is 25.1 Å². The molecule has 0 spiro atoms. The summed E-state index contributed by atoms with van der Waals surface area (Å²) in [6.07, 6.45) is 2.06. The predicted molar refractivity (Wildman–Crippen MR) is 105 cm³/mol. The molecule has 0 atom stereocenters. The van der Waals surface area contributed by atoms with Crippen molar-refractivity contribution in [2.75, 3.05) is 6.26 Å². The minimum absolute atomic E-state index is 0.0302. The maximum Gasteiger partial charge on any atom is 0.251 e. The predicted octanol–water partition coefficient (Wildman–Crippen LogP) is 4.97. The van der Waals surface area contributed by atoms with E-state index in [1.165, 1.54) is 5.56 Å². The summed E-state index contributed by atoms with van der Waals surface area (Å²) in [6.45, 7) is 2.55. The molecule has 0 aliphatic rings. The minimum atomic E-state index is -0.0302. The van der Waals surface area contributed by atoms with Gasteiger partial charge in [-0.15, -0.1) is 22.7 Å². The zero-order chi connectivity index (χ0) is 16.9. The summed E-state index contributed by atoms with van der Waals surface area (Å²) < 4.78 is 0. The van der Waals surface area contributed by atoms with Crippen LogP contribution >= 0.6 is 34.4 Å². The summed E-state index contributed by atoms with van der Waals surface area (Å²) in [4.78, 5) is 19.1. The van der Waals surface area contributed by atoms with Crippen LogP contribution in [0.2, 0.25) is 0 Å². The molecule has 0 fully saturated rings. The van der Waals surface area contributed by atoms with Crippen LogP contribution in [0, 0.1) is 6.92 Å². The highest BCUT2D eigenvalue weighted by Gasteiger charge is 2.09. The number of carbonyl (C=O) groups excluding carboxylic acids is 1. The first kappa shape index (κ1) is 17.2. The Morgan fingerprint density at radius 3 is 2.92 bits per heavy atom. The van der Waals surface area contributed by atoms with E-state index in [2.05, 4.69) is 40.1 Å². The van der Waals surface area contributed by atoms with Crippen molar-refractivity contribution in [1.82, 2.24) is 10.3 Å². The van der Waals surface area contributed by atoms with Crippen molar-refractivity contribution in [2.45, 2.75) is 19.2 Å². The lowest BCUT2D eigenvalue weighted by Gasteiger charge is -2.05. The zero-order valence-electron chi connectivity index (χ0n) is 13.5. The summed E-state index contributed by atoms with van der Waals surface area (Å²) in [5, 5.41) is 6.14. The number of thioether (sulfide) groups is 1. The third kappa shape index (κ3) is 4.26. The highest BCUT2D eigenvalue weighted by Crippen LogP contribution is 2.28. The number of amides is 1. The Morgan fingerprint density at radius 1 is 1.29 bits per heavy atom. The van der Waals surface area contributed by atoms with Gasteiger partial charge in [0.1, 0.15) is 0 Å². The monoisotopic (exact) mass is 374 g/mol. The number of thiophene rings is 1. The molecule has 0 radical (unpaired) electrons. The van der Waals surface area contributed by atoms with Gasteiger partial charge in [-0.2, -0.15) is 11.8 Å². The molecule has 24 heavy (non-hydrogen) atoms. The van der Waals surface area contributed by atoms with Crippen LogP contribution < -0.4 is 5.32 Å². The van der Waals surface area contributed by atoms with Crippen LogP contribution in [-0.4, -0.2) is 17.1 Å². The zero-order valence-corrected chi connectivity index (χ0v) is 16.0. The first-order chi connectivity index (χ1) is 11.7. The largest absolute Gasteiger partial charge is 0.347 e. The molecule has 1 N–H and O–H groups in total. The Labute approximate surface area is 154 Å². The molecule has 2 aromatic heterocycles. The quantitative estimate of drug-likeness (QED) is 0.662. The number of benzene rings is 1. The Balaban J connectivity index is 1.62.